The molecule has 0 bridgehead atoms. The summed E-state index contributed by atoms with van der Waals surface area (Å²) >= 11 is 1.71. The van der Waals surface area contributed by atoms with Gasteiger partial charge in [0.2, 0.25) is 5.88 Å². The number of ketones is 1. The van der Waals surface area contributed by atoms with Crippen LogP contribution in [0.3, 0.4) is 0 Å². The largest absolute Gasteiger partial charge is 0.474 e. The first-order valence-corrected chi connectivity index (χ1v) is 12.4. The van der Waals surface area contributed by atoms with Crippen LogP contribution >= 0.6 is 11.3 Å². The summed E-state index contributed by atoms with van der Waals surface area (Å²) in [4.78, 5) is 35.2. The van der Waals surface area contributed by atoms with E-state index in [2.05, 4.69) is 15.3 Å². The molecule has 2 aliphatic carbocycles. The number of aryl methyl sites for hydroxylation is 1. The number of fused-ring (bicyclic) bond motifs is 3. The van der Waals surface area contributed by atoms with Gasteiger partial charge in [-0.05, 0) is 84.1 Å². The summed E-state index contributed by atoms with van der Waals surface area (Å²) in [6, 6.07) is 0.101. The van der Waals surface area contributed by atoms with Crippen LogP contribution in [-0.4, -0.2) is 39.6 Å². The quantitative estimate of drug-likeness (QED) is 0.652. The maximum absolute atomic E-state index is 12.1. The molecular formula is C24H33N3O4S. The second kappa shape index (κ2) is 9.33. The number of amides is 1. The van der Waals surface area contributed by atoms with Crippen LogP contribution in [0.5, 0.6) is 5.88 Å². The van der Waals surface area contributed by atoms with E-state index in [0.29, 0.717) is 12.3 Å². The van der Waals surface area contributed by atoms with E-state index in [1.807, 2.05) is 20.8 Å². The van der Waals surface area contributed by atoms with Gasteiger partial charge in [0.15, 0.2) is 0 Å². The van der Waals surface area contributed by atoms with Gasteiger partial charge in [0.25, 0.3) is 0 Å². The van der Waals surface area contributed by atoms with E-state index in [0.717, 1.165) is 55.2 Å². The number of hydrogen-bond donors (Lipinski definition) is 1. The topological polar surface area (TPSA) is 90.4 Å². The molecule has 0 spiro atoms. The van der Waals surface area contributed by atoms with Gasteiger partial charge >= 0.3 is 6.09 Å². The minimum absolute atomic E-state index is 0.0511. The second-order valence-corrected chi connectivity index (χ2v) is 11.1. The lowest BCUT2D eigenvalue weighted by molar-refractivity contribution is -0.117. The second-order valence-electron chi connectivity index (χ2n) is 10.0. The first-order valence-electron chi connectivity index (χ1n) is 11.6. The standard InChI is InChI=1S/C24H33N3O4S/c1-14(28)12-15-6-5-7-18-19(15)20-21(25-13-26-22(20)32-18)30-17-10-8-16(9-11-17)27-23(29)31-24(2,3)4/h13,15-17H,5-12H2,1-4H3,(H,27,29)/t15-,16?,17?/m0/s1. The molecule has 2 aromatic heterocycles. The fraction of sp³-hybridized carbons (Fsp3) is 0.667. The molecule has 0 unspecified atom stereocenters. The molecule has 32 heavy (non-hydrogen) atoms. The molecule has 4 rings (SSSR count). The average Bonchev–Trinajstić information content (AvgIpc) is 3.08. The Morgan fingerprint density at radius 1 is 1.16 bits per heavy atom. The zero-order chi connectivity index (χ0) is 22.9. The van der Waals surface area contributed by atoms with Gasteiger partial charge in [-0.15, -0.1) is 11.3 Å². The summed E-state index contributed by atoms with van der Waals surface area (Å²) in [7, 11) is 0. The number of nitrogens with zero attached hydrogens (tertiary/aromatic N) is 2. The monoisotopic (exact) mass is 459 g/mol. The van der Waals surface area contributed by atoms with Gasteiger partial charge in [0.05, 0.1) is 5.39 Å². The van der Waals surface area contributed by atoms with Crippen LogP contribution in [0.1, 0.15) is 89.0 Å². The Kier molecular flexibility index (Phi) is 6.70. The molecule has 2 aliphatic rings. The van der Waals surface area contributed by atoms with Crippen LogP contribution in [0.25, 0.3) is 10.2 Å². The van der Waals surface area contributed by atoms with Crippen molar-refractivity contribution in [3.05, 3.63) is 16.8 Å². The Labute approximate surface area is 193 Å². The van der Waals surface area contributed by atoms with Crippen molar-refractivity contribution in [1.29, 1.82) is 0 Å². The highest BCUT2D eigenvalue weighted by Crippen LogP contribution is 2.46. The number of Topliss-reactive ketones (excluding diaryl/α,β-unsaturated/α-hetero) is 1. The minimum atomic E-state index is -0.497. The van der Waals surface area contributed by atoms with Crippen molar-refractivity contribution in [2.75, 3.05) is 0 Å². The van der Waals surface area contributed by atoms with E-state index in [1.54, 1.807) is 24.6 Å². The van der Waals surface area contributed by atoms with Crippen LogP contribution in [-0.2, 0) is 16.0 Å². The number of alkyl carbamates (subject to hydrolysis) is 1. The zero-order valence-electron chi connectivity index (χ0n) is 19.4. The number of ether oxygens (including phenoxy) is 2. The SMILES string of the molecule is CC(=O)C[C@@H]1CCCc2sc3ncnc(OC4CCC(NC(=O)OC(C)(C)C)CC4)c3c21. The molecule has 174 valence electrons. The van der Waals surface area contributed by atoms with E-state index in [-0.39, 0.29) is 29.9 Å². The molecular weight excluding hydrogens is 426 g/mol. The lowest BCUT2D eigenvalue weighted by Crippen LogP contribution is -2.42. The number of hydrogen-bond acceptors (Lipinski definition) is 7. The highest BCUT2D eigenvalue weighted by molar-refractivity contribution is 7.18. The Bertz CT molecular complexity index is 989. The van der Waals surface area contributed by atoms with Gasteiger partial charge in [0, 0.05) is 17.3 Å². The van der Waals surface area contributed by atoms with Gasteiger partial charge in [-0.1, -0.05) is 0 Å². The summed E-state index contributed by atoms with van der Waals surface area (Å²) in [6.07, 6.45) is 8.36. The lowest BCUT2D eigenvalue weighted by atomic mass is 9.83. The third-order valence-electron chi connectivity index (χ3n) is 6.14. The van der Waals surface area contributed by atoms with E-state index in [9.17, 15) is 9.59 Å². The maximum Gasteiger partial charge on any atom is 0.407 e. The van der Waals surface area contributed by atoms with Gasteiger partial charge in [-0.25, -0.2) is 14.8 Å². The molecule has 1 fully saturated rings. The molecule has 1 amide bonds. The number of aromatic nitrogens is 2. The van der Waals surface area contributed by atoms with Crippen LogP contribution in [0, 0.1) is 0 Å². The molecule has 0 saturated heterocycles. The Hall–Kier alpha value is -2.22. The molecule has 0 aromatic carbocycles. The summed E-state index contributed by atoms with van der Waals surface area (Å²) < 4.78 is 11.8. The lowest BCUT2D eigenvalue weighted by Gasteiger charge is -2.30. The van der Waals surface area contributed by atoms with Crippen LogP contribution in [0.4, 0.5) is 4.79 Å². The zero-order valence-corrected chi connectivity index (χ0v) is 20.2. The molecule has 1 N–H and O–H groups in total. The van der Waals surface area contributed by atoms with Gasteiger partial charge < -0.3 is 19.6 Å². The average molecular weight is 460 g/mol. The predicted octanol–water partition coefficient (Wildman–Crippen LogP) is 5.31. The molecule has 1 saturated carbocycles. The summed E-state index contributed by atoms with van der Waals surface area (Å²) in [5.74, 6) is 1.09. The minimum Gasteiger partial charge on any atom is -0.474 e. The highest BCUT2D eigenvalue weighted by atomic mass is 32.1. The fourth-order valence-corrected chi connectivity index (χ4v) is 6.10. The Morgan fingerprint density at radius 3 is 2.59 bits per heavy atom. The van der Waals surface area contributed by atoms with Crippen molar-refractivity contribution < 1.29 is 19.1 Å². The number of thiophene rings is 1. The van der Waals surface area contributed by atoms with Gasteiger partial charge in [-0.2, -0.15) is 0 Å². The van der Waals surface area contributed by atoms with Crippen molar-refractivity contribution in [3.63, 3.8) is 0 Å². The summed E-state index contributed by atoms with van der Waals surface area (Å²) in [6.45, 7) is 7.26. The first-order chi connectivity index (χ1) is 15.2. The van der Waals surface area contributed by atoms with E-state index < -0.39 is 5.60 Å². The Morgan fingerprint density at radius 2 is 1.91 bits per heavy atom. The van der Waals surface area contributed by atoms with Crippen molar-refractivity contribution in [1.82, 2.24) is 15.3 Å². The molecule has 2 aromatic rings. The summed E-state index contributed by atoms with van der Waals surface area (Å²) in [5.41, 5.74) is 0.741. The number of carbonyl (C=O) groups is 2. The predicted molar refractivity (Wildman–Crippen MR) is 124 cm³/mol. The van der Waals surface area contributed by atoms with E-state index in [4.69, 9.17) is 9.47 Å². The number of carbonyl (C=O) groups excluding carboxylic acids is 2. The molecule has 0 radical (unpaired) electrons. The van der Waals surface area contributed by atoms with Crippen LogP contribution < -0.4 is 10.1 Å². The third kappa shape index (κ3) is 5.39. The number of rotatable bonds is 5. The van der Waals surface area contributed by atoms with Crippen molar-refractivity contribution in [3.8, 4) is 5.88 Å². The van der Waals surface area contributed by atoms with Crippen molar-refractivity contribution in [2.45, 2.75) is 103 Å². The van der Waals surface area contributed by atoms with Gasteiger partial charge in [0.1, 0.15) is 28.6 Å². The maximum atomic E-state index is 12.1. The normalized spacial score (nSPS) is 23.4. The van der Waals surface area contributed by atoms with E-state index >= 15 is 0 Å². The van der Waals surface area contributed by atoms with Gasteiger partial charge in [-0.3, -0.25) is 0 Å². The van der Waals surface area contributed by atoms with Crippen molar-refractivity contribution >= 4 is 33.4 Å². The third-order valence-corrected chi connectivity index (χ3v) is 7.31. The summed E-state index contributed by atoms with van der Waals surface area (Å²) in [5, 5.41) is 3.98. The van der Waals surface area contributed by atoms with Crippen LogP contribution in [0.15, 0.2) is 6.33 Å². The molecule has 0 aliphatic heterocycles. The Balaban J connectivity index is 1.45. The smallest absolute Gasteiger partial charge is 0.407 e. The first kappa shape index (κ1) is 23.0. The fourth-order valence-electron chi connectivity index (χ4n) is 4.84. The molecule has 7 nitrogen and oxygen atoms in total. The molecule has 8 heteroatoms. The van der Waals surface area contributed by atoms with Crippen molar-refractivity contribution in [2.24, 2.45) is 0 Å². The number of nitrogens with one attached hydrogen (secondary N) is 1. The molecule has 1 atom stereocenters. The van der Waals surface area contributed by atoms with E-state index in [1.165, 1.54) is 10.4 Å². The molecule has 2 heterocycles. The highest BCUT2D eigenvalue weighted by Gasteiger charge is 2.31. The van der Waals surface area contributed by atoms with Crippen LogP contribution in [0.2, 0.25) is 0 Å².